The summed E-state index contributed by atoms with van der Waals surface area (Å²) in [6, 6.07) is 4.93. The van der Waals surface area contributed by atoms with Crippen LogP contribution >= 0.6 is 15.9 Å². The van der Waals surface area contributed by atoms with Crippen molar-refractivity contribution in [1.82, 2.24) is 0 Å². The van der Waals surface area contributed by atoms with Crippen LogP contribution in [0.5, 0.6) is 5.75 Å². The van der Waals surface area contributed by atoms with Crippen molar-refractivity contribution in [1.29, 1.82) is 0 Å². The lowest BCUT2D eigenvalue weighted by Crippen LogP contribution is -2.27. The first-order valence-electron chi connectivity index (χ1n) is 5.69. The molecule has 18 heavy (non-hydrogen) atoms. The van der Waals surface area contributed by atoms with Crippen molar-refractivity contribution in [3.8, 4) is 5.75 Å². The molecule has 5 heteroatoms. The van der Waals surface area contributed by atoms with Crippen LogP contribution in [0.4, 0.5) is 10.5 Å². The summed E-state index contributed by atoms with van der Waals surface area (Å²) in [6.45, 7) is 5.42. The summed E-state index contributed by atoms with van der Waals surface area (Å²) in [5, 5.41) is 13.0. The third kappa shape index (κ3) is 4.96. The Morgan fingerprint density at radius 1 is 1.44 bits per heavy atom. The maximum atomic E-state index is 11.6. The fraction of sp³-hybridized carbons (Fsp3) is 0.462. The van der Waals surface area contributed by atoms with Crippen molar-refractivity contribution < 1.29 is 14.6 Å². The van der Waals surface area contributed by atoms with E-state index in [2.05, 4.69) is 21.2 Å². The van der Waals surface area contributed by atoms with Gasteiger partial charge >= 0.3 is 6.09 Å². The molecule has 1 amide bonds. The average molecular weight is 316 g/mol. The molecule has 2 N–H and O–H groups in total. The van der Waals surface area contributed by atoms with Crippen molar-refractivity contribution in [2.45, 2.75) is 32.8 Å². The average Bonchev–Trinajstić information content (AvgIpc) is 2.20. The summed E-state index contributed by atoms with van der Waals surface area (Å²) in [4.78, 5) is 11.6. The number of nitrogens with one attached hydrogen (secondary N) is 1. The molecule has 0 spiro atoms. The summed E-state index contributed by atoms with van der Waals surface area (Å²) in [6.07, 6.45) is 0.188. The first-order chi connectivity index (χ1) is 8.31. The van der Waals surface area contributed by atoms with Gasteiger partial charge in [-0.05, 0) is 51.0 Å². The maximum Gasteiger partial charge on any atom is 0.412 e. The van der Waals surface area contributed by atoms with Gasteiger partial charge in [0.2, 0.25) is 0 Å². The molecule has 0 aliphatic heterocycles. The Morgan fingerprint density at radius 2 is 2.11 bits per heavy atom. The van der Waals surface area contributed by atoms with Crippen molar-refractivity contribution in [2.75, 3.05) is 10.6 Å². The van der Waals surface area contributed by atoms with Crippen LogP contribution in [0.15, 0.2) is 18.2 Å². The van der Waals surface area contributed by atoms with Crippen molar-refractivity contribution in [3.05, 3.63) is 23.8 Å². The predicted molar refractivity (Wildman–Crippen MR) is 75.5 cm³/mol. The molecule has 1 aromatic carbocycles. The molecular weight excluding hydrogens is 298 g/mol. The Balaban J connectivity index is 2.73. The van der Waals surface area contributed by atoms with E-state index < -0.39 is 11.7 Å². The molecule has 1 aromatic rings. The highest BCUT2D eigenvalue weighted by Gasteiger charge is 2.16. The number of anilines is 1. The van der Waals surface area contributed by atoms with Crippen molar-refractivity contribution >= 4 is 27.7 Å². The highest BCUT2D eigenvalue weighted by Crippen LogP contribution is 2.23. The molecule has 0 fully saturated rings. The Hall–Kier alpha value is -1.23. The van der Waals surface area contributed by atoms with Gasteiger partial charge in [-0.2, -0.15) is 0 Å². The Morgan fingerprint density at radius 3 is 2.67 bits per heavy atom. The zero-order valence-electron chi connectivity index (χ0n) is 10.8. The van der Waals surface area contributed by atoms with Crippen LogP contribution < -0.4 is 5.32 Å². The lowest BCUT2D eigenvalue weighted by Gasteiger charge is -2.19. The lowest BCUT2D eigenvalue weighted by molar-refractivity contribution is 0.0636. The van der Waals surface area contributed by atoms with E-state index in [0.29, 0.717) is 12.1 Å². The third-order valence-electron chi connectivity index (χ3n) is 2.09. The molecule has 0 aliphatic rings. The monoisotopic (exact) mass is 315 g/mol. The molecule has 0 heterocycles. The first-order valence-corrected chi connectivity index (χ1v) is 6.82. The van der Waals surface area contributed by atoms with E-state index in [1.807, 2.05) is 0 Å². The number of benzene rings is 1. The maximum absolute atomic E-state index is 11.6. The fourth-order valence-electron chi connectivity index (χ4n) is 1.39. The second-order valence-corrected chi connectivity index (χ2v) is 5.70. The summed E-state index contributed by atoms with van der Waals surface area (Å²) in [7, 11) is 0. The molecule has 1 rings (SSSR count). The van der Waals surface area contributed by atoms with Crippen LogP contribution in [0, 0.1) is 0 Å². The number of aromatic hydroxyl groups is 1. The highest BCUT2D eigenvalue weighted by atomic mass is 79.9. The number of carbonyl (C=O) groups excluding carboxylic acids is 1. The number of rotatable bonds is 3. The number of hydrogen-bond acceptors (Lipinski definition) is 3. The molecule has 0 aromatic heterocycles. The second-order valence-electron chi connectivity index (χ2n) is 4.91. The largest absolute Gasteiger partial charge is 0.508 e. The van der Waals surface area contributed by atoms with Gasteiger partial charge in [0, 0.05) is 11.0 Å². The number of ether oxygens (including phenoxy) is 1. The van der Waals surface area contributed by atoms with E-state index in [1.165, 1.54) is 0 Å². The van der Waals surface area contributed by atoms with E-state index in [4.69, 9.17) is 4.74 Å². The van der Waals surface area contributed by atoms with Gasteiger partial charge in [0.1, 0.15) is 11.4 Å². The summed E-state index contributed by atoms with van der Waals surface area (Å²) >= 11 is 3.31. The van der Waals surface area contributed by atoms with Crippen molar-refractivity contribution in [2.24, 2.45) is 0 Å². The fourth-order valence-corrected chi connectivity index (χ4v) is 1.81. The molecule has 0 unspecified atom stereocenters. The van der Waals surface area contributed by atoms with E-state index in [9.17, 15) is 9.90 Å². The Bertz CT molecular complexity index is 427. The number of carbonyl (C=O) groups is 1. The van der Waals surface area contributed by atoms with Crippen LogP contribution in [0.2, 0.25) is 0 Å². The molecule has 0 saturated heterocycles. The van der Waals surface area contributed by atoms with Gasteiger partial charge in [-0.3, -0.25) is 5.32 Å². The normalized spacial score (nSPS) is 11.1. The SMILES string of the molecule is CC(C)(C)OC(=O)Nc1ccc(O)c(CCBr)c1. The summed E-state index contributed by atoms with van der Waals surface area (Å²) in [5.41, 5.74) is 0.859. The van der Waals surface area contributed by atoms with Crippen LogP contribution in [0.3, 0.4) is 0 Å². The van der Waals surface area contributed by atoms with Crippen molar-refractivity contribution in [3.63, 3.8) is 0 Å². The predicted octanol–water partition coefficient (Wildman–Crippen LogP) is 3.68. The molecule has 0 atom stereocenters. The summed E-state index contributed by atoms with van der Waals surface area (Å²) < 4.78 is 5.15. The van der Waals surface area contributed by atoms with E-state index in [-0.39, 0.29) is 5.75 Å². The summed E-state index contributed by atoms with van der Waals surface area (Å²) in [5.74, 6) is 0.226. The Kier molecular flexibility index (Phi) is 5.02. The number of amides is 1. The van der Waals surface area contributed by atoms with Gasteiger partial charge in [0.15, 0.2) is 0 Å². The zero-order chi connectivity index (χ0) is 13.8. The zero-order valence-corrected chi connectivity index (χ0v) is 12.4. The van der Waals surface area contributed by atoms with Gasteiger partial charge in [-0.15, -0.1) is 0 Å². The van der Waals surface area contributed by atoms with Gasteiger partial charge in [-0.25, -0.2) is 4.79 Å². The quantitative estimate of drug-likeness (QED) is 0.661. The molecule has 100 valence electrons. The number of phenolic OH excluding ortho intramolecular Hbond substituents is 1. The van der Waals surface area contributed by atoms with Crippen LogP contribution in [0.25, 0.3) is 0 Å². The standard InChI is InChI=1S/C13H18BrNO3/c1-13(2,3)18-12(17)15-10-4-5-11(16)9(8-10)6-7-14/h4-5,8,16H,6-7H2,1-3H3,(H,15,17). The molecule has 0 radical (unpaired) electrons. The smallest absolute Gasteiger partial charge is 0.412 e. The van der Waals surface area contributed by atoms with E-state index in [1.54, 1.807) is 39.0 Å². The Labute approximate surface area is 115 Å². The number of halogens is 1. The van der Waals surface area contributed by atoms with Gasteiger partial charge in [0.25, 0.3) is 0 Å². The number of hydrogen-bond donors (Lipinski definition) is 2. The first kappa shape index (κ1) is 14.8. The second kappa shape index (κ2) is 6.09. The van der Waals surface area contributed by atoms with Crippen LogP contribution in [-0.2, 0) is 11.2 Å². The van der Waals surface area contributed by atoms with Crippen LogP contribution in [0.1, 0.15) is 26.3 Å². The molecular formula is C13H18BrNO3. The number of aryl methyl sites for hydroxylation is 1. The van der Waals surface area contributed by atoms with Gasteiger partial charge in [-0.1, -0.05) is 15.9 Å². The number of phenols is 1. The van der Waals surface area contributed by atoms with Gasteiger partial charge in [0.05, 0.1) is 0 Å². The van der Waals surface area contributed by atoms with Gasteiger partial charge < -0.3 is 9.84 Å². The van der Waals surface area contributed by atoms with E-state index >= 15 is 0 Å². The minimum absolute atomic E-state index is 0.226. The minimum atomic E-state index is -0.528. The molecule has 0 saturated carbocycles. The topological polar surface area (TPSA) is 58.6 Å². The number of alkyl halides is 1. The van der Waals surface area contributed by atoms with Crippen LogP contribution in [-0.4, -0.2) is 22.1 Å². The minimum Gasteiger partial charge on any atom is -0.508 e. The molecule has 0 bridgehead atoms. The third-order valence-corrected chi connectivity index (χ3v) is 2.49. The highest BCUT2D eigenvalue weighted by molar-refractivity contribution is 9.09. The van der Waals surface area contributed by atoms with E-state index in [0.717, 1.165) is 10.9 Å². The molecule has 4 nitrogen and oxygen atoms in total. The lowest BCUT2D eigenvalue weighted by atomic mass is 10.1. The molecule has 0 aliphatic carbocycles.